The molecule has 0 aliphatic carbocycles. The van der Waals surface area contributed by atoms with Crippen LogP contribution in [0.3, 0.4) is 0 Å². The Balaban J connectivity index is 1.76. The second-order valence-corrected chi connectivity index (χ2v) is 3.97. The number of carbonyl (C=O) groups is 2. The highest BCUT2D eigenvalue weighted by atomic mass is 16.5. The lowest BCUT2D eigenvalue weighted by atomic mass is 10.2. The summed E-state index contributed by atoms with van der Waals surface area (Å²) in [5.41, 5.74) is 0.916. The van der Waals surface area contributed by atoms with Crippen LogP contribution in [0.25, 0.3) is 0 Å². The highest BCUT2D eigenvalue weighted by Crippen LogP contribution is 2.15. The van der Waals surface area contributed by atoms with Gasteiger partial charge in [-0.1, -0.05) is 30.3 Å². The average molecular weight is 249 g/mol. The van der Waals surface area contributed by atoms with Crippen molar-refractivity contribution in [2.24, 2.45) is 0 Å². The predicted molar refractivity (Wildman–Crippen MR) is 63.6 cm³/mol. The SMILES string of the molecule is CCOC(=O)[C@H]1N[C@@H]1C(=O)OCc1ccccc1. The molecule has 18 heavy (non-hydrogen) atoms. The summed E-state index contributed by atoms with van der Waals surface area (Å²) >= 11 is 0. The molecule has 2 atom stereocenters. The Morgan fingerprint density at radius 1 is 1.11 bits per heavy atom. The highest BCUT2D eigenvalue weighted by Gasteiger charge is 2.49. The minimum atomic E-state index is -0.562. The normalized spacial score (nSPS) is 21.2. The lowest BCUT2D eigenvalue weighted by molar-refractivity contribution is -0.148. The van der Waals surface area contributed by atoms with Crippen molar-refractivity contribution >= 4 is 11.9 Å². The van der Waals surface area contributed by atoms with Gasteiger partial charge in [-0.15, -0.1) is 0 Å². The van der Waals surface area contributed by atoms with Crippen LogP contribution in [0.15, 0.2) is 30.3 Å². The molecule has 1 aromatic carbocycles. The van der Waals surface area contributed by atoms with Crippen LogP contribution >= 0.6 is 0 Å². The summed E-state index contributed by atoms with van der Waals surface area (Å²) in [4.78, 5) is 22.9. The molecule has 5 heteroatoms. The molecule has 0 spiro atoms. The van der Waals surface area contributed by atoms with Crippen molar-refractivity contribution in [3.63, 3.8) is 0 Å². The smallest absolute Gasteiger partial charge is 0.325 e. The molecule has 0 radical (unpaired) electrons. The topological polar surface area (TPSA) is 74.5 Å². The number of benzene rings is 1. The van der Waals surface area contributed by atoms with Gasteiger partial charge in [-0.2, -0.15) is 0 Å². The van der Waals surface area contributed by atoms with E-state index in [1.807, 2.05) is 30.3 Å². The van der Waals surface area contributed by atoms with E-state index in [4.69, 9.17) is 9.47 Å². The van der Waals surface area contributed by atoms with Gasteiger partial charge in [-0.05, 0) is 12.5 Å². The molecule has 1 aliphatic rings. The van der Waals surface area contributed by atoms with Crippen LogP contribution in [0, 0.1) is 0 Å². The number of nitrogens with one attached hydrogen (secondary N) is 1. The van der Waals surface area contributed by atoms with Gasteiger partial charge >= 0.3 is 11.9 Å². The van der Waals surface area contributed by atoms with Gasteiger partial charge in [0.1, 0.15) is 18.7 Å². The van der Waals surface area contributed by atoms with E-state index in [1.165, 1.54) is 0 Å². The monoisotopic (exact) mass is 249 g/mol. The van der Waals surface area contributed by atoms with Crippen LogP contribution in [0.4, 0.5) is 0 Å². The van der Waals surface area contributed by atoms with Crippen molar-refractivity contribution in [2.45, 2.75) is 25.6 Å². The van der Waals surface area contributed by atoms with Gasteiger partial charge in [0.15, 0.2) is 0 Å². The molecule has 0 unspecified atom stereocenters. The fraction of sp³-hybridized carbons (Fsp3) is 0.385. The molecule has 0 saturated carbocycles. The lowest BCUT2D eigenvalue weighted by Gasteiger charge is -2.03. The first-order chi connectivity index (χ1) is 8.72. The molecule has 1 fully saturated rings. The van der Waals surface area contributed by atoms with Gasteiger partial charge in [0, 0.05) is 0 Å². The van der Waals surface area contributed by atoms with Crippen LogP contribution < -0.4 is 5.32 Å². The highest BCUT2D eigenvalue weighted by molar-refractivity contribution is 5.92. The first kappa shape index (κ1) is 12.6. The van der Waals surface area contributed by atoms with Crippen LogP contribution in [-0.2, 0) is 25.7 Å². The summed E-state index contributed by atoms with van der Waals surface area (Å²) in [6.45, 7) is 2.25. The Bertz CT molecular complexity index is 432. The predicted octanol–water partition coefficient (Wildman–Crippen LogP) is 0.633. The van der Waals surface area contributed by atoms with E-state index in [1.54, 1.807) is 6.92 Å². The molecule has 1 saturated heterocycles. The maximum atomic E-state index is 11.6. The van der Waals surface area contributed by atoms with E-state index < -0.39 is 24.0 Å². The average Bonchev–Trinajstić information content (AvgIpc) is 3.18. The van der Waals surface area contributed by atoms with Crippen molar-refractivity contribution in [1.29, 1.82) is 0 Å². The number of carbonyl (C=O) groups excluding carboxylic acids is 2. The molecule has 0 amide bonds. The van der Waals surface area contributed by atoms with E-state index >= 15 is 0 Å². The number of hydrogen-bond acceptors (Lipinski definition) is 5. The Kier molecular flexibility index (Phi) is 3.94. The third-order valence-corrected chi connectivity index (χ3v) is 2.60. The number of rotatable bonds is 5. The fourth-order valence-corrected chi connectivity index (χ4v) is 1.60. The zero-order chi connectivity index (χ0) is 13.0. The Morgan fingerprint density at radius 3 is 2.33 bits per heavy atom. The molecule has 1 N–H and O–H groups in total. The molecule has 1 aliphatic heterocycles. The van der Waals surface area contributed by atoms with Crippen molar-refractivity contribution in [3.8, 4) is 0 Å². The summed E-state index contributed by atoms with van der Waals surface area (Å²) in [5.74, 6) is -0.823. The maximum absolute atomic E-state index is 11.6. The molecule has 2 rings (SSSR count). The van der Waals surface area contributed by atoms with E-state index in [9.17, 15) is 9.59 Å². The third kappa shape index (κ3) is 3.07. The van der Waals surface area contributed by atoms with Crippen LogP contribution in [0.5, 0.6) is 0 Å². The van der Waals surface area contributed by atoms with Gasteiger partial charge < -0.3 is 9.47 Å². The lowest BCUT2D eigenvalue weighted by Crippen LogP contribution is -2.20. The Hall–Kier alpha value is -1.88. The minimum absolute atomic E-state index is 0.216. The summed E-state index contributed by atoms with van der Waals surface area (Å²) < 4.78 is 9.90. The molecule has 0 aromatic heterocycles. The number of esters is 2. The second-order valence-electron chi connectivity index (χ2n) is 3.97. The number of hydrogen-bond donors (Lipinski definition) is 1. The van der Waals surface area contributed by atoms with Crippen LogP contribution in [-0.4, -0.2) is 30.6 Å². The molecule has 1 heterocycles. The zero-order valence-electron chi connectivity index (χ0n) is 10.1. The van der Waals surface area contributed by atoms with E-state index in [2.05, 4.69) is 5.32 Å². The molecule has 96 valence electrons. The van der Waals surface area contributed by atoms with Gasteiger partial charge in [-0.25, -0.2) is 0 Å². The fourth-order valence-electron chi connectivity index (χ4n) is 1.60. The molecular formula is C13H15NO4. The molecule has 5 nitrogen and oxygen atoms in total. The summed E-state index contributed by atoms with van der Waals surface area (Å²) in [7, 11) is 0. The van der Waals surface area contributed by atoms with Gasteiger partial charge in [0.05, 0.1) is 6.61 Å². The molecular weight excluding hydrogens is 234 g/mol. The molecule has 1 aromatic rings. The first-order valence-corrected chi connectivity index (χ1v) is 5.85. The van der Waals surface area contributed by atoms with Gasteiger partial charge in [-0.3, -0.25) is 14.9 Å². The zero-order valence-corrected chi connectivity index (χ0v) is 10.1. The van der Waals surface area contributed by atoms with Crippen molar-refractivity contribution < 1.29 is 19.1 Å². The van der Waals surface area contributed by atoms with Crippen LogP contribution in [0.1, 0.15) is 12.5 Å². The molecule has 0 bridgehead atoms. The summed E-state index contributed by atoms with van der Waals surface area (Å²) in [6.07, 6.45) is 0. The first-order valence-electron chi connectivity index (χ1n) is 5.85. The van der Waals surface area contributed by atoms with Crippen molar-refractivity contribution in [1.82, 2.24) is 5.32 Å². The number of ether oxygens (including phenoxy) is 2. The van der Waals surface area contributed by atoms with E-state index in [0.29, 0.717) is 6.61 Å². The van der Waals surface area contributed by atoms with Gasteiger partial charge in [0.2, 0.25) is 0 Å². The summed E-state index contributed by atoms with van der Waals surface area (Å²) in [5, 5.41) is 2.74. The van der Waals surface area contributed by atoms with E-state index in [0.717, 1.165) is 5.56 Å². The standard InChI is InChI=1S/C13H15NO4/c1-2-17-12(15)10-11(14-10)13(16)18-8-9-6-4-3-5-7-9/h3-7,10-11,14H,2,8H2,1H3/t10-,11-/m0/s1. The Morgan fingerprint density at radius 2 is 1.72 bits per heavy atom. The van der Waals surface area contributed by atoms with Crippen LogP contribution in [0.2, 0.25) is 0 Å². The third-order valence-electron chi connectivity index (χ3n) is 2.60. The largest absolute Gasteiger partial charge is 0.465 e. The maximum Gasteiger partial charge on any atom is 0.325 e. The quantitative estimate of drug-likeness (QED) is 0.612. The van der Waals surface area contributed by atoms with Crippen molar-refractivity contribution in [2.75, 3.05) is 6.61 Å². The van der Waals surface area contributed by atoms with E-state index in [-0.39, 0.29) is 6.61 Å². The van der Waals surface area contributed by atoms with Crippen molar-refractivity contribution in [3.05, 3.63) is 35.9 Å². The minimum Gasteiger partial charge on any atom is -0.465 e. The summed E-state index contributed by atoms with van der Waals surface area (Å²) in [6, 6.07) is 8.28. The van der Waals surface area contributed by atoms with Gasteiger partial charge in [0.25, 0.3) is 0 Å². The second kappa shape index (κ2) is 5.64. The Labute approximate surface area is 105 Å².